The first kappa shape index (κ1) is 20.0. The van der Waals surface area contributed by atoms with E-state index in [1.54, 1.807) is 53.3 Å². The van der Waals surface area contributed by atoms with Crippen molar-refractivity contribution < 1.29 is 13.2 Å². The van der Waals surface area contributed by atoms with Crippen LogP contribution in [0.2, 0.25) is 0 Å². The molecule has 0 aliphatic rings. The molecule has 3 heterocycles. The van der Waals surface area contributed by atoms with Crippen LogP contribution in [0.15, 0.2) is 59.8 Å². The van der Waals surface area contributed by atoms with E-state index in [-0.39, 0.29) is 17.2 Å². The predicted molar refractivity (Wildman–Crippen MR) is 113 cm³/mol. The molecule has 1 N–H and O–H groups in total. The number of aromatic nitrogens is 4. The van der Waals surface area contributed by atoms with Gasteiger partial charge < -0.3 is 4.74 Å². The molecule has 0 saturated carbocycles. The van der Waals surface area contributed by atoms with Gasteiger partial charge >= 0.3 is 0 Å². The number of pyridine rings is 1. The molecule has 0 spiro atoms. The molecular formula is C21H21N5O3S. The summed E-state index contributed by atoms with van der Waals surface area (Å²) in [4.78, 5) is 8.77. The number of sulfonamides is 1. The monoisotopic (exact) mass is 423 g/mol. The Morgan fingerprint density at radius 2 is 1.97 bits per heavy atom. The minimum Gasteiger partial charge on any atom is -0.495 e. The summed E-state index contributed by atoms with van der Waals surface area (Å²) in [5.74, 6) is 0.254. The van der Waals surface area contributed by atoms with Gasteiger partial charge in [0.25, 0.3) is 0 Å². The Hall–Kier alpha value is -3.30. The number of benzene rings is 1. The molecule has 4 rings (SSSR count). The summed E-state index contributed by atoms with van der Waals surface area (Å²) in [5.41, 5.74) is 4.52. The first-order valence-electron chi connectivity index (χ1n) is 9.29. The van der Waals surface area contributed by atoms with Crippen molar-refractivity contribution in [3.05, 3.63) is 71.9 Å². The lowest BCUT2D eigenvalue weighted by Gasteiger charge is -2.12. The SMILES string of the molecule is COc1ccc(-c2cnn3c(C)cc(C)nc23)cc1S(=O)(=O)NCc1ccccn1. The highest BCUT2D eigenvalue weighted by atomic mass is 32.2. The quantitative estimate of drug-likeness (QED) is 0.512. The van der Waals surface area contributed by atoms with Crippen molar-refractivity contribution in [1.82, 2.24) is 24.3 Å². The number of methoxy groups -OCH3 is 1. The molecule has 9 heteroatoms. The van der Waals surface area contributed by atoms with E-state index in [0.717, 1.165) is 17.0 Å². The van der Waals surface area contributed by atoms with Crippen molar-refractivity contribution in [1.29, 1.82) is 0 Å². The molecule has 0 saturated heterocycles. The molecule has 4 aromatic rings. The highest BCUT2D eigenvalue weighted by Gasteiger charge is 2.22. The summed E-state index contributed by atoms with van der Waals surface area (Å²) in [7, 11) is -2.41. The Balaban J connectivity index is 1.76. The third-order valence-corrected chi connectivity index (χ3v) is 6.13. The highest BCUT2D eigenvalue weighted by molar-refractivity contribution is 7.89. The zero-order chi connectivity index (χ0) is 21.3. The van der Waals surface area contributed by atoms with Crippen LogP contribution in [0, 0.1) is 13.8 Å². The van der Waals surface area contributed by atoms with E-state index in [1.807, 2.05) is 19.9 Å². The Morgan fingerprint density at radius 1 is 1.13 bits per heavy atom. The van der Waals surface area contributed by atoms with Crippen molar-refractivity contribution in [3.63, 3.8) is 0 Å². The standard InChI is InChI=1S/C21H21N5O3S/c1-14-10-15(2)26-21(25-14)18(13-23-26)16-7-8-19(29-3)20(11-16)30(27,28)24-12-17-6-4-5-9-22-17/h4-11,13,24H,12H2,1-3H3. The second-order valence-corrected chi connectivity index (χ2v) is 8.58. The van der Waals surface area contributed by atoms with Crippen LogP contribution >= 0.6 is 0 Å². The zero-order valence-corrected chi connectivity index (χ0v) is 17.6. The van der Waals surface area contributed by atoms with Gasteiger partial charge in [0.1, 0.15) is 10.6 Å². The highest BCUT2D eigenvalue weighted by Crippen LogP contribution is 2.32. The number of ether oxygens (including phenoxy) is 1. The minimum absolute atomic E-state index is 0.0437. The molecule has 3 aromatic heterocycles. The second-order valence-electron chi connectivity index (χ2n) is 6.84. The van der Waals surface area contributed by atoms with Gasteiger partial charge in [0, 0.05) is 23.1 Å². The van der Waals surface area contributed by atoms with Crippen LogP contribution < -0.4 is 9.46 Å². The van der Waals surface area contributed by atoms with Gasteiger partial charge in [-0.15, -0.1) is 0 Å². The van der Waals surface area contributed by atoms with E-state index in [4.69, 9.17) is 4.74 Å². The summed E-state index contributed by atoms with van der Waals surface area (Å²) in [6.07, 6.45) is 3.31. The van der Waals surface area contributed by atoms with E-state index in [0.29, 0.717) is 16.9 Å². The van der Waals surface area contributed by atoms with Gasteiger partial charge in [0.05, 0.1) is 25.5 Å². The van der Waals surface area contributed by atoms with Gasteiger partial charge in [-0.1, -0.05) is 12.1 Å². The van der Waals surface area contributed by atoms with Crippen LogP contribution in [-0.4, -0.2) is 35.1 Å². The van der Waals surface area contributed by atoms with Crippen LogP contribution in [-0.2, 0) is 16.6 Å². The van der Waals surface area contributed by atoms with Crippen molar-refractivity contribution in [3.8, 4) is 16.9 Å². The third kappa shape index (κ3) is 3.77. The molecule has 0 unspecified atom stereocenters. The summed E-state index contributed by atoms with van der Waals surface area (Å²) < 4.78 is 35.7. The molecule has 0 aliphatic carbocycles. The Bertz CT molecular complexity index is 1320. The molecule has 0 fully saturated rings. The molecular weight excluding hydrogens is 402 g/mol. The molecule has 154 valence electrons. The summed E-state index contributed by atoms with van der Waals surface area (Å²) in [5, 5.41) is 4.40. The number of rotatable bonds is 6. The molecule has 0 atom stereocenters. The number of fused-ring (bicyclic) bond motifs is 1. The van der Waals surface area contributed by atoms with Crippen molar-refractivity contribution in [2.24, 2.45) is 0 Å². The van der Waals surface area contributed by atoms with Crippen LogP contribution in [0.3, 0.4) is 0 Å². The third-order valence-electron chi connectivity index (χ3n) is 4.71. The molecule has 0 bridgehead atoms. The second kappa shape index (κ2) is 7.85. The van der Waals surface area contributed by atoms with E-state index < -0.39 is 10.0 Å². The van der Waals surface area contributed by atoms with Crippen molar-refractivity contribution in [2.75, 3.05) is 7.11 Å². The fraction of sp³-hybridized carbons (Fsp3) is 0.190. The van der Waals surface area contributed by atoms with Gasteiger partial charge in [0.2, 0.25) is 10.0 Å². The Kier molecular flexibility index (Phi) is 5.23. The number of hydrogen-bond donors (Lipinski definition) is 1. The van der Waals surface area contributed by atoms with Gasteiger partial charge in [-0.2, -0.15) is 5.10 Å². The van der Waals surface area contributed by atoms with Crippen LogP contribution in [0.4, 0.5) is 0 Å². The zero-order valence-electron chi connectivity index (χ0n) is 16.8. The fourth-order valence-corrected chi connectivity index (χ4v) is 4.47. The molecule has 0 radical (unpaired) electrons. The van der Waals surface area contributed by atoms with Crippen molar-refractivity contribution >= 4 is 15.7 Å². The summed E-state index contributed by atoms with van der Waals surface area (Å²) in [6.45, 7) is 3.94. The maximum Gasteiger partial charge on any atom is 0.244 e. The number of hydrogen-bond acceptors (Lipinski definition) is 6. The average Bonchev–Trinajstić information content (AvgIpc) is 3.17. The smallest absolute Gasteiger partial charge is 0.244 e. The van der Waals surface area contributed by atoms with Gasteiger partial charge in [-0.25, -0.2) is 22.6 Å². The molecule has 30 heavy (non-hydrogen) atoms. The first-order valence-corrected chi connectivity index (χ1v) is 10.8. The maximum absolute atomic E-state index is 13.0. The summed E-state index contributed by atoms with van der Waals surface area (Å²) in [6, 6.07) is 12.3. The van der Waals surface area contributed by atoms with Crippen molar-refractivity contribution in [2.45, 2.75) is 25.3 Å². The fourth-order valence-electron chi connectivity index (χ4n) is 3.28. The lowest BCUT2D eigenvalue weighted by atomic mass is 10.1. The number of nitrogens with one attached hydrogen (secondary N) is 1. The van der Waals surface area contributed by atoms with Crippen LogP contribution in [0.25, 0.3) is 16.8 Å². The lowest BCUT2D eigenvalue weighted by Crippen LogP contribution is -2.24. The van der Waals surface area contributed by atoms with E-state index in [1.165, 1.54) is 7.11 Å². The molecule has 1 aromatic carbocycles. The maximum atomic E-state index is 13.0. The van der Waals surface area contributed by atoms with Gasteiger partial charge in [0.15, 0.2) is 5.65 Å². The van der Waals surface area contributed by atoms with E-state index >= 15 is 0 Å². The van der Waals surface area contributed by atoms with Gasteiger partial charge in [-0.05, 0) is 49.7 Å². The number of aryl methyl sites for hydroxylation is 2. The molecule has 0 amide bonds. The number of nitrogens with zero attached hydrogens (tertiary/aromatic N) is 4. The molecule has 8 nitrogen and oxygen atoms in total. The lowest BCUT2D eigenvalue weighted by molar-refractivity contribution is 0.402. The van der Waals surface area contributed by atoms with Crippen LogP contribution in [0.5, 0.6) is 5.75 Å². The Morgan fingerprint density at radius 3 is 2.70 bits per heavy atom. The first-order chi connectivity index (χ1) is 14.4. The Labute approximate surface area is 174 Å². The summed E-state index contributed by atoms with van der Waals surface area (Å²) >= 11 is 0. The topological polar surface area (TPSA) is 98.5 Å². The largest absolute Gasteiger partial charge is 0.495 e. The normalized spacial score (nSPS) is 11.7. The molecule has 0 aliphatic heterocycles. The van der Waals surface area contributed by atoms with E-state index in [9.17, 15) is 8.42 Å². The van der Waals surface area contributed by atoms with Crippen LogP contribution in [0.1, 0.15) is 17.1 Å². The minimum atomic E-state index is -3.85. The van der Waals surface area contributed by atoms with Gasteiger partial charge in [-0.3, -0.25) is 4.98 Å². The van der Waals surface area contributed by atoms with E-state index in [2.05, 4.69) is 19.8 Å². The average molecular weight is 423 g/mol. The predicted octanol–water partition coefficient (Wildman–Crippen LogP) is 2.90.